The molecular formula is C9H12N4S. The second kappa shape index (κ2) is 3.42. The lowest BCUT2D eigenvalue weighted by Gasteiger charge is -2.05. The predicted octanol–water partition coefficient (Wildman–Crippen LogP) is 1.64. The zero-order valence-electron chi connectivity index (χ0n) is 8.19. The number of rotatable bonds is 2. The third-order valence-corrected chi connectivity index (χ3v) is 2.66. The van der Waals surface area contributed by atoms with Gasteiger partial charge in [-0.05, 0) is 25.2 Å². The summed E-state index contributed by atoms with van der Waals surface area (Å²) in [5.74, 6) is 0. The second-order valence-corrected chi connectivity index (χ2v) is 3.65. The first-order chi connectivity index (χ1) is 6.68. The average Bonchev–Trinajstić information content (AvgIpc) is 2.67. The van der Waals surface area contributed by atoms with Crippen molar-refractivity contribution in [2.45, 2.75) is 13.5 Å². The fourth-order valence-electron chi connectivity index (χ4n) is 1.40. The van der Waals surface area contributed by atoms with E-state index in [0.29, 0.717) is 0 Å². The summed E-state index contributed by atoms with van der Waals surface area (Å²) in [6.07, 6.45) is 3.71. The Balaban J connectivity index is 2.36. The number of imidazole rings is 1. The lowest BCUT2D eigenvalue weighted by atomic mass is 10.4. The minimum Gasteiger partial charge on any atom is -0.337 e. The summed E-state index contributed by atoms with van der Waals surface area (Å²) in [4.78, 5) is 3.02. The van der Waals surface area contributed by atoms with Crippen LogP contribution in [0.2, 0.25) is 0 Å². The molecular weight excluding hydrogens is 196 g/mol. The molecule has 0 aliphatic carbocycles. The van der Waals surface area contributed by atoms with Crippen LogP contribution in [0.15, 0.2) is 18.5 Å². The maximum absolute atomic E-state index is 5.17. The molecule has 0 spiro atoms. The summed E-state index contributed by atoms with van der Waals surface area (Å²) < 4.78 is 4.66. The highest BCUT2D eigenvalue weighted by Crippen LogP contribution is 2.05. The molecule has 0 aliphatic rings. The molecule has 2 aromatic heterocycles. The molecule has 74 valence electrons. The molecule has 0 aliphatic heterocycles. The molecule has 5 heteroatoms. The van der Waals surface area contributed by atoms with E-state index in [-0.39, 0.29) is 0 Å². The van der Waals surface area contributed by atoms with Crippen molar-refractivity contribution in [3.63, 3.8) is 0 Å². The quantitative estimate of drug-likeness (QED) is 0.762. The van der Waals surface area contributed by atoms with Gasteiger partial charge in [0.15, 0.2) is 4.77 Å². The normalized spacial score (nSPS) is 10.7. The molecule has 0 amide bonds. The number of aromatic amines is 1. The lowest BCUT2D eigenvalue weighted by molar-refractivity contribution is 0.654. The second-order valence-electron chi connectivity index (χ2n) is 3.27. The van der Waals surface area contributed by atoms with Crippen LogP contribution in [0.5, 0.6) is 0 Å². The van der Waals surface area contributed by atoms with Crippen molar-refractivity contribution in [3.8, 4) is 0 Å². The number of hydrogen-bond acceptors (Lipinski definition) is 2. The summed E-state index contributed by atoms with van der Waals surface area (Å²) in [5.41, 5.74) is 2.28. The van der Waals surface area contributed by atoms with Gasteiger partial charge in [0.05, 0.1) is 12.2 Å². The number of aryl methyl sites for hydroxylation is 2. The standard InChI is InChI=1S/C9H12N4S/c1-7-5-10-9(14)13(7)6-8-3-4-11-12(8)2/h3-5H,6H2,1-2H3,(H,10,14). The third kappa shape index (κ3) is 1.50. The summed E-state index contributed by atoms with van der Waals surface area (Å²) in [7, 11) is 1.93. The monoisotopic (exact) mass is 208 g/mol. The van der Waals surface area contributed by atoms with E-state index in [1.807, 2.05) is 35.5 Å². The van der Waals surface area contributed by atoms with Crippen molar-refractivity contribution in [1.29, 1.82) is 0 Å². The Morgan fingerprint density at radius 2 is 2.36 bits per heavy atom. The lowest BCUT2D eigenvalue weighted by Crippen LogP contribution is -2.06. The van der Waals surface area contributed by atoms with Crippen LogP contribution < -0.4 is 0 Å². The molecule has 2 aromatic rings. The van der Waals surface area contributed by atoms with Crippen LogP contribution in [0, 0.1) is 11.7 Å². The van der Waals surface area contributed by atoms with Gasteiger partial charge >= 0.3 is 0 Å². The van der Waals surface area contributed by atoms with Gasteiger partial charge in [0, 0.05) is 25.1 Å². The van der Waals surface area contributed by atoms with Gasteiger partial charge in [-0.25, -0.2) is 0 Å². The van der Waals surface area contributed by atoms with Crippen molar-refractivity contribution >= 4 is 12.2 Å². The van der Waals surface area contributed by atoms with Gasteiger partial charge in [0.2, 0.25) is 0 Å². The molecule has 0 bridgehead atoms. The Kier molecular flexibility index (Phi) is 2.25. The van der Waals surface area contributed by atoms with E-state index >= 15 is 0 Å². The molecule has 0 fully saturated rings. The molecule has 0 aromatic carbocycles. The van der Waals surface area contributed by atoms with E-state index in [9.17, 15) is 0 Å². The number of H-pyrrole nitrogens is 1. The van der Waals surface area contributed by atoms with Crippen molar-refractivity contribution in [2.75, 3.05) is 0 Å². The molecule has 0 unspecified atom stereocenters. The minimum atomic E-state index is 0.753. The highest BCUT2D eigenvalue weighted by Gasteiger charge is 2.03. The smallest absolute Gasteiger partial charge is 0.177 e. The van der Waals surface area contributed by atoms with Crippen LogP contribution in [-0.2, 0) is 13.6 Å². The molecule has 4 nitrogen and oxygen atoms in total. The maximum Gasteiger partial charge on any atom is 0.177 e. The topological polar surface area (TPSA) is 38.5 Å². The Morgan fingerprint density at radius 1 is 1.57 bits per heavy atom. The Labute approximate surface area is 87.2 Å². The SMILES string of the molecule is Cc1c[nH]c(=S)n1Cc1ccnn1C. The minimum absolute atomic E-state index is 0.753. The maximum atomic E-state index is 5.17. The molecule has 0 radical (unpaired) electrons. The Hall–Kier alpha value is -1.36. The van der Waals surface area contributed by atoms with Crippen LogP contribution in [0.1, 0.15) is 11.4 Å². The third-order valence-electron chi connectivity index (χ3n) is 2.32. The van der Waals surface area contributed by atoms with Crippen molar-refractivity contribution in [2.24, 2.45) is 7.05 Å². The molecule has 0 saturated heterocycles. The van der Waals surface area contributed by atoms with Crippen LogP contribution >= 0.6 is 12.2 Å². The first kappa shape index (κ1) is 9.21. The summed E-state index contributed by atoms with van der Waals surface area (Å²) in [5, 5.41) is 4.12. The largest absolute Gasteiger partial charge is 0.337 e. The molecule has 0 saturated carbocycles. The van der Waals surface area contributed by atoms with Crippen molar-refractivity contribution in [1.82, 2.24) is 19.3 Å². The van der Waals surface area contributed by atoms with Gasteiger partial charge in [-0.15, -0.1) is 0 Å². The van der Waals surface area contributed by atoms with Gasteiger partial charge in [0.25, 0.3) is 0 Å². The van der Waals surface area contributed by atoms with E-state index in [1.54, 1.807) is 6.20 Å². The van der Waals surface area contributed by atoms with E-state index < -0.39 is 0 Å². The van der Waals surface area contributed by atoms with E-state index in [4.69, 9.17) is 12.2 Å². The first-order valence-corrected chi connectivity index (χ1v) is 4.81. The molecule has 14 heavy (non-hydrogen) atoms. The molecule has 0 atom stereocenters. The number of nitrogens with zero attached hydrogens (tertiary/aromatic N) is 3. The number of nitrogens with one attached hydrogen (secondary N) is 1. The van der Waals surface area contributed by atoms with E-state index in [1.165, 1.54) is 0 Å². The fourth-order valence-corrected chi connectivity index (χ4v) is 1.66. The Morgan fingerprint density at radius 3 is 2.86 bits per heavy atom. The molecule has 2 rings (SSSR count). The highest BCUT2D eigenvalue weighted by atomic mass is 32.1. The van der Waals surface area contributed by atoms with Gasteiger partial charge < -0.3 is 9.55 Å². The zero-order chi connectivity index (χ0) is 10.1. The van der Waals surface area contributed by atoms with Crippen LogP contribution in [0.25, 0.3) is 0 Å². The zero-order valence-corrected chi connectivity index (χ0v) is 9.01. The predicted molar refractivity (Wildman–Crippen MR) is 56.7 cm³/mol. The molecule has 1 N–H and O–H groups in total. The first-order valence-electron chi connectivity index (χ1n) is 4.40. The van der Waals surface area contributed by atoms with Crippen molar-refractivity contribution < 1.29 is 0 Å². The van der Waals surface area contributed by atoms with Gasteiger partial charge in [-0.2, -0.15) is 5.10 Å². The van der Waals surface area contributed by atoms with Crippen LogP contribution in [0.4, 0.5) is 0 Å². The van der Waals surface area contributed by atoms with Crippen LogP contribution in [-0.4, -0.2) is 19.3 Å². The average molecular weight is 208 g/mol. The van der Waals surface area contributed by atoms with Gasteiger partial charge in [-0.3, -0.25) is 4.68 Å². The molecule has 2 heterocycles. The van der Waals surface area contributed by atoms with Crippen molar-refractivity contribution in [3.05, 3.63) is 34.6 Å². The van der Waals surface area contributed by atoms with E-state index in [0.717, 1.165) is 22.7 Å². The summed E-state index contributed by atoms with van der Waals surface area (Å²) >= 11 is 5.17. The van der Waals surface area contributed by atoms with E-state index in [2.05, 4.69) is 10.1 Å². The fraction of sp³-hybridized carbons (Fsp3) is 0.333. The Bertz CT molecular complexity index is 491. The highest BCUT2D eigenvalue weighted by molar-refractivity contribution is 7.71. The van der Waals surface area contributed by atoms with Gasteiger partial charge in [-0.1, -0.05) is 0 Å². The number of aromatic nitrogens is 4. The van der Waals surface area contributed by atoms with Crippen LogP contribution in [0.3, 0.4) is 0 Å². The number of hydrogen-bond donors (Lipinski definition) is 1. The van der Waals surface area contributed by atoms with Gasteiger partial charge in [0.1, 0.15) is 0 Å². The summed E-state index contributed by atoms with van der Waals surface area (Å²) in [6.45, 7) is 2.80. The summed E-state index contributed by atoms with van der Waals surface area (Å²) in [6, 6.07) is 1.99.